The van der Waals surface area contributed by atoms with Crippen LogP contribution in [0.15, 0.2) is 16.6 Å². The Morgan fingerprint density at radius 1 is 1.55 bits per heavy atom. The molecule has 0 atom stereocenters. The van der Waals surface area contributed by atoms with Gasteiger partial charge in [0.1, 0.15) is 5.82 Å². The molecule has 11 heavy (non-hydrogen) atoms. The van der Waals surface area contributed by atoms with E-state index in [1.54, 1.807) is 0 Å². The van der Waals surface area contributed by atoms with Crippen molar-refractivity contribution in [3.8, 4) is 5.75 Å². The van der Waals surface area contributed by atoms with Gasteiger partial charge in [-0.1, -0.05) is 11.6 Å². The molecule has 5 heteroatoms. The summed E-state index contributed by atoms with van der Waals surface area (Å²) >= 11 is 8.53. The van der Waals surface area contributed by atoms with Crippen molar-refractivity contribution in [1.82, 2.24) is 0 Å². The van der Waals surface area contributed by atoms with E-state index in [1.807, 2.05) is 0 Å². The first kappa shape index (κ1) is 8.77. The maximum absolute atomic E-state index is 12.7. The number of halogens is 3. The summed E-state index contributed by atoms with van der Waals surface area (Å²) < 4.78 is 13.2. The molecule has 0 amide bonds. The second kappa shape index (κ2) is 3.38. The van der Waals surface area contributed by atoms with E-state index in [0.29, 0.717) is 4.47 Å². The van der Waals surface area contributed by atoms with Gasteiger partial charge in [0.25, 0.3) is 0 Å². The summed E-state index contributed by atoms with van der Waals surface area (Å²) in [6, 6.07) is 2.48. The molecule has 2 nitrogen and oxygen atoms in total. The molecule has 1 aromatic carbocycles. The highest BCUT2D eigenvalue weighted by Gasteiger charge is 2.06. The summed E-state index contributed by atoms with van der Waals surface area (Å²) in [6.45, 7) is 0. The normalized spacial score (nSPS) is 9.82. The summed E-state index contributed by atoms with van der Waals surface area (Å²) in [4.78, 5) is 4.34. The molecule has 0 fully saturated rings. The van der Waals surface area contributed by atoms with Gasteiger partial charge >= 0.3 is 0 Å². The molecule has 0 saturated carbocycles. The third-order valence-electron chi connectivity index (χ3n) is 1.10. The molecule has 60 valence electrons. The molecule has 0 heterocycles. The molecule has 1 rings (SSSR count). The van der Waals surface area contributed by atoms with Crippen LogP contribution in [0.3, 0.4) is 0 Å². The van der Waals surface area contributed by atoms with Gasteiger partial charge in [-0.2, -0.15) is 5.90 Å². The highest BCUT2D eigenvalue weighted by Crippen LogP contribution is 2.29. The van der Waals surface area contributed by atoms with Crippen LogP contribution in [0.5, 0.6) is 5.75 Å². The minimum absolute atomic E-state index is 0.0256. The van der Waals surface area contributed by atoms with E-state index in [-0.39, 0.29) is 10.8 Å². The largest absolute Gasteiger partial charge is 0.410 e. The van der Waals surface area contributed by atoms with Crippen molar-refractivity contribution in [2.45, 2.75) is 0 Å². The zero-order valence-electron chi connectivity index (χ0n) is 5.27. The van der Waals surface area contributed by atoms with Crippen molar-refractivity contribution in [3.63, 3.8) is 0 Å². The number of benzene rings is 1. The summed E-state index contributed by atoms with van der Waals surface area (Å²) in [5, 5.41) is 0.0256. The van der Waals surface area contributed by atoms with Gasteiger partial charge in [-0.05, 0) is 22.0 Å². The van der Waals surface area contributed by atoms with E-state index in [0.717, 1.165) is 6.07 Å². The average molecular weight is 240 g/mol. The van der Waals surface area contributed by atoms with E-state index >= 15 is 0 Å². The van der Waals surface area contributed by atoms with Crippen molar-refractivity contribution in [1.29, 1.82) is 0 Å². The monoisotopic (exact) mass is 239 g/mol. The SMILES string of the molecule is NOc1cc(F)c(Cl)cc1Br. The summed E-state index contributed by atoms with van der Waals surface area (Å²) in [6.07, 6.45) is 0. The molecule has 0 spiro atoms. The fourth-order valence-electron chi connectivity index (χ4n) is 0.595. The van der Waals surface area contributed by atoms with E-state index < -0.39 is 5.82 Å². The highest BCUT2D eigenvalue weighted by molar-refractivity contribution is 9.10. The van der Waals surface area contributed by atoms with Crippen molar-refractivity contribution in [3.05, 3.63) is 27.4 Å². The fraction of sp³-hybridized carbons (Fsp3) is 0. The molecular formula is C6H4BrClFNO. The standard InChI is InChI=1S/C6H4BrClFNO/c7-3-1-4(8)5(9)2-6(3)11-10/h1-2H,10H2. The molecule has 2 N–H and O–H groups in total. The van der Waals surface area contributed by atoms with Gasteiger partial charge in [-0.25, -0.2) is 4.39 Å². The Hall–Kier alpha value is -0.320. The van der Waals surface area contributed by atoms with Crippen LogP contribution < -0.4 is 10.7 Å². The molecular weight excluding hydrogens is 236 g/mol. The summed E-state index contributed by atoms with van der Waals surface area (Å²) in [5.74, 6) is 4.48. The van der Waals surface area contributed by atoms with Gasteiger partial charge in [0.05, 0.1) is 9.50 Å². The van der Waals surface area contributed by atoms with E-state index in [2.05, 4.69) is 20.8 Å². The Labute approximate surface area is 76.2 Å². The van der Waals surface area contributed by atoms with Crippen LogP contribution in [0, 0.1) is 5.82 Å². The van der Waals surface area contributed by atoms with Gasteiger partial charge in [0.2, 0.25) is 0 Å². The van der Waals surface area contributed by atoms with Crippen LogP contribution in [0.25, 0.3) is 0 Å². The summed E-state index contributed by atoms with van der Waals surface area (Å²) in [5.41, 5.74) is 0. The molecule has 0 aromatic heterocycles. The van der Waals surface area contributed by atoms with Gasteiger partial charge in [-0.3, -0.25) is 0 Å². The van der Waals surface area contributed by atoms with Crippen molar-refractivity contribution in [2.75, 3.05) is 0 Å². The second-order valence-electron chi connectivity index (χ2n) is 1.81. The minimum atomic E-state index is -0.560. The van der Waals surface area contributed by atoms with Crippen LogP contribution >= 0.6 is 27.5 Å². The predicted octanol–water partition coefficient (Wildman–Crippen LogP) is 2.49. The molecule has 0 radical (unpaired) electrons. The van der Waals surface area contributed by atoms with Crippen molar-refractivity contribution in [2.24, 2.45) is 5.90 Å². The third kappa shape index (κ3) is 1.83. The fourth-order valence-corrected chi connectivity index (χ4v) is 1.33. The Kier molecular flexibility index (Phi) is 2.70. The zero-order valence-corrected chi connectivity index (χ0v) is 7.62. The zero-order chi connectivity index (χ0) is 8.43. The number of hydrogen-bond acceptors (Lipinski definition) is 2. The number of nitrogens with two attached hydrogens (primary N) is 1. The van der Waals surface area contributed by atoms with Crippen LogP contribution in [-0.2, 0) is 0 Å². The highest BCUT2D eigenvalue weighted by atomic mass is 79.9. The van der Waals surface area contributed by atoms with E-state index in [1.165, 1.54) is 6.07 Å². The lowest BCUT2D eigenvalue weighted by atomic mass is 10.3. The van der Waals surface area contributed by atoms with Crippen LogP contribution in [-0.4, -0.2) is 0 Å². The van der Waals surface area contributed by atoms with Gasteiger partial charge < -0.3 is 4.84 Å². The third-order valence-corrected chi connectivity index (χ3v) is 2.01. The van der Waals surface area contributed by atoms with Gasteiger partial charge in [0, 0.05) is 6.07 Å². The molecule has 1 aromatic rings. The smallest absolute Gasteiger partial charge is 0.164 e. The maximum atomic E-state index is 12.7. The Morgan fingerprint density at radius 3 is 2.73 bits per heavy atom. The molecule has 0 aliphatic carbocycles. The molecule has 0 aliphatic rings. The van der Waals surface area contributed by atoms with Crippen LogP contribution in [0.4, 0.5) is 4.39 Å². The molecule has 0 aliphatic heterocycles. The first-order chi connectivity index (χ1) is 5.15. The molecule has 0 unspecified atom stereocenters. The topological polar surface area (TPSA) is 35.2 Å². The van der Waals surface area contributed by atoms with Crippen molar-refractivity contribution < 1.29 is 9.23 Å². The van der Waals surface area contributed by atoms with E-state index in [9.17, 15) is 4.39 Å². The Balaban J connectivity index is 3.21. The second-order valence-corrected chi connectivity index (χ2v) is 3.08. The minimum Gasteiger partial charge on any atom is -0.410 e. The Morgan fingerprint density at radius 2 is 2.18 bits per heavy atom. The first-order valence-corrected chi connectivity index (χ1v) is 3.83. The lowest BCUT2D eigenvalue weighted by Gasteiger charge is -2.01. The average Bonchev–Trinajstić information content (AvgIpc) is 1.97. The molecule has 0 saturated heterocycles. The van der Waals surface area contributed by atoms with Crippen molar-refractivity contribution >= 4 is 27.5 Å². The van der Waals surface area contributed by atoms with E-state index in [4.69, 9.17) is 17.5 Å². The number of hydrogen-bond donors (Lipinski definition) is 1. The lowest BCUT2D eigenvalue weighted by molar-refractivity contribution is 0.330. The predicted molar refractivity (Wildman–Crippen MR) is 43.9 cm³/mol. The summed E-state index contributed by atoms with van der Waals surface area (Å²) in [7, 11) is 0. The molecule has 0 bridgehead atoms. The van der Waals surface area contributed by atoms with Gasteiger partial charge in [-0.15, -0.1) is 0 Å². The van der Waals surface area contributed by atoms with Crippen LogP contribution in [0.1, 0.15) is 0 Å². The number of rotatable bonds is 1. The van der Waals surface area contributed by atoms with Crippen LogP contribution in [0.2, 0.25) is 5.02 Å². The Bertz CT molecular complexity index is 282. The lowest BCUT2D eigenvalue weighted by Crippen LogP contribution is -2.02. The first-order valence-electron chi connectivity index (χ1n) is 2.66. The maximum Gasteiger partial charge on any atom is 0.164 e. The van der Waals surface area contributed by atoms with Gasteiger partial charge in [0.15, 0.2) is 5.75 Å². The quantitative estimate of drug-likeness (QED) is 0.605.